The Kier molecular flexibility index (Phi) is 5.38. The number of aryl methyl sites for hydroxylation is 3. The van der Waals surface area contributed by atoms with Crippen LogP contribution in [0.3, 0.4) is 0 Å². The molecule has 0 aliphatic rings. The zero-order valence-electron chi connectivity index (χ0n) is 15.4. The topological polar surface area (TPSA) is 51.2 Å². The highest BCUT2D eigenvalue weighted by molar-refractivity contribution is 7.16. The van der Waals surface area contributed by atoms with Crippen molar-refractivity contribution in [1.29, 1.82) is 0 Å². The highest BCUT2D eigenvalue weighted by atomic mass is 32.1. The van der Waals surface area contributed by atoms with Gasteiger partial charge in [-0.2, -0.15) is 0 Å². The molecule has 0 unspecified atom stereocenters. The summed E-state index contributed by atoms with van der Waals surface area (Å²) in [5.41, 5.74) is 4.67. The van der Waals surface area contributed by atoms with Crippen molar-refractivity contribution in [3.05, 3.63) is 64.0 Å². The van der Waals surface area contributed by atoms with Gasteiger partial charge in [-0.3, -0.25) is 10.1 Å². The molecular weight excluding hydrogens is 344 g/mol. The van der Waals surface area contributed by atoms with E-state index in [-0.39, 0.29) is 5.91 Å². The van der Waals surface area contributed by atoms with E-state index in [0.717, 1.165) is 33.0 Å². The summed E-state index contributed by atoms with van der Waals surface area (Å²) >= 11 is 1.48. The first-order chi connectivity index (χ1) is 12.5. The van der Waals surface area contributed by atoms with Crippen LogP contribution in [0.2, 0.25) is 0 Å². The zero-order chi connectivity index (χ0) is 18.7. The first kappa shape index (κ1) is 18.1. The Morgan fingerprint density at radius 2 is 1.85 bits per heavy atom. The summed E-state index contributed by atoms with van der Waals surface area (Å²) in [5, 5.41) is 3.53. The van der Waals surface area contributed by atoms with Crippen LogP contribution in [0.4, 0.5) is 5.13 Å². The SMILES string of the molecule is CCOc1ccc(-c2nc(NC(=O)c3ccc(C)cc3C)sc2C)cc1. The Morgan fingerprint density at radius 1 is 1.12 bits per heavy atom. The molecule has 4 nitrogen and oxygen atoms in total. The highest BCUT2D eigenvalue weighted by Crippen LogP contribution is 2.31. The second kappa shape index (κ2) is 7.70. The lowest BCUT2D eigenvalue weighted by atomic mass is 10.1. The molecule has 0 spiro atoms. The van der Waals surface area contributed by atoms with Crippen molar-refractivity contribution in [1.82, 2.24) is 4.98 Å². The van der Waals surface area contributed by atoms with Gasteiger partial charge < -0.3 is 4.74 Å². The highest BCUT2D eigenvalue weighted by Gasteiger charge is 2.14. The van der Waals surface area contributed by atoms with Gasteiger partial charge >= 0.3 is 0 Å². The van der Waals surface area contributed by atoms with Gasteiger partial charge in [-0.25, -0.2) is 4.98 Å². The van der Waals surface area contributed by atoms with Crippen LogP contribution in [0.5, 0.6) is 5.75 Å². The fourth-order valence-electron chi connectivity index (χ4n) is 2.83. The number of nitrogens with zero attached hydrogens (tertiary/aromatic N) is 1. The summed E-state index contributed by atoms with van der Waals surface area (Å²) in [7, 11) is 0. The minimum atomic E-state index is -0.130. The van der Waals surface area contributed by atoms with E-state index in [1.807, 2.05) is 70.2 Å². The third-order valence-electron chi connectivity index (χ3n) is 4.08. The second-order valence-corrected chi connectivity index (χ2v) is 7.36. The van der Waals surface area contributed by atoms with Crippen molar-refractivity contribution in [2.45, 2.75) is 27.7 Å². The van der Waals surface area contributed by atoms with E-state index in [4.69, 9.17) is 4.74 Å². The summed E-state index contributed by atoms with van der Waals surface area (Å²) < 4.78 is 5.48. The van der Waals surface area contributed by atoms with Crippen LogP contribution in [0.1, 0.15) is 33.3 Å². The third-order valence-corrected chi connectivity index (χ3v) is 4.97. The minimum absolute atomic E-state index is 0.130. The molecule has 1 aromatic heterocycles. The molecule has 0 radical (unpaired) electrons. The Morgan fingerprint density at radius 3 is 2.50 bits per heavy atom. The van der Waals surface area contributed by atoms with Crippen LogP contribution in [0, 0.1) is 20.8 Å². The maximum atomic E-state index is 12.6. The molecule has 1 amide bonds. The number of carbonyl (C=O) groups is 1. The Labute approximate surface area is 157 Å². The Hall–Kier alpha value is -2.66. The number of amides is 1. The lowest BCUT2D eigenvalue weighted by Crippen LogP contribution is -2.13. The number of anilines is 1. The fraction of sp³-hybridized carbons (Fsp3) is 0.238. The average molecular weight is 366 g/mol. The molecule has 1 heterocycles. The number of aromatic nitrogens is 1. The lowest BCUT2D eigenvalue weighted by molar-refractivity contribution is 0.102. The number of benzene rings is 2. The van der Waals surface area contributed by atoms with Crippen LogP contribution in [0.15, 0.2) is 42.5 Å². The molecule has 134 valence electrons. The number of hydrogen-bond acceptors (Lipinski definition) is 4. The van der Waals surface area contributed by atoms with E-state index in [2.05, 4.69) is 10.3 Å². The summed E-state index contributed by atoms with van der Waals surface area (Å²) in [4.78, 5) is 18.2. The van der Waals surface area contributed by atoms with Crippen LogP contribution in [0.25, 0.3) is 11.3 Å². The van der Waals surface area contributed by atoms with Crippen molar-refractivity contribution in [2.75, 3.05) is 11.9 Å². The summed E-state index contributed by atoms with van der Waals surface area (Å²) in [6.45, 7) is 8.57. The molecule has 0 atom stereocenters. The molecule has 3 rings (SSSR count). The molecule has 0 aliphatic carbocycles. The van der Waals surface area contributed by atoms with E-state index in [1.165, 1.54) is 11.3 Å². The third kappa shape index (κ3) is 3.94. The molecule has 0 saturated heterocycles. The van der Waals surface area contributed by atoms with Crippen molar-refractivity contribution < 1.29 is 9.53 Å². The predicted octanol–water partition coefficient (Wildman–Crippen LogP) is 5.39. The normalized spacial score (nSPS) is 10.6. The molecular formula is C21H22N2O2S. The van der Waals surface area contributed by atoms with Crippen LogP contribution in [-0.2, 0) is 0 Å². The van der Waals surface area contributed by atoms with Gasteiger partial charge in [-0.05, 0) is 63.6 Å². The number of nitrogens with one attached hydrogen (secondary N) is 1. The summed E-state index contributed by atoms with van der Waals surface area (Å²) in [6.07, 6.45) is 0. The first-order valence-electron chi connectivity index (χ1n) is 8.57. The second-order valence-electron chi connectivity index (χ2n) is 6.15. The summed E-state index contributed by atoms with van der Waals surface area (Å²) in [5.74, 6) is 0.710. The van der Waals surface area contributed by atoms with Gasteiger partial charge in [-0.1, -0.05) is 17.7 Å². The summed E-state index contributed by atoms with van der Waals surface area (Å²) in [6, 6.07) is 13.7. The van der Waals surface area contributed by atoms with Crippen molar-refractivity contribution in [3.8, 4) is 17.0 Å². The molecule has 0 fully saturated rings. The molecule has 3 aromatic rings. The van der Waals surface area contributed by atoms with Crippen molar-refractivity contribution in [2.24, 2.45) is 0 Å². The fourth-order valence-corrected chi connectivity index (χ4v) is 3.66. The van der Waals surface area contributed by atoms with Gasteiger partial charge in [0.2, 0.25) is 0 Å². The number of rotatable bonds is 5. The number of hydrogen-bond donors (Lipinski definition) is 1. The van der Waals surface area contributed by atoms with Crippen LogP contribution < -0.4 is 10.1 Å². The number of ether oxygens (including phenoxy) is 1. The van der Waals surface area contributed by atoms with Gasteiger partial charge in [0.15, 0.2) is 5.13 Å². The van der Waals surface area contributed by atoms with Gasteiger partial charge in [0, 0.05) is 16.0 Å². The molecule has 0 bridgehead atoms. The van der Waals surface area contributed by atoms with Crippen molar-refractivity contribution in [3.63, 3.8) is 0 Å². The molecule has 0 saturated carbocycles. The van der Waals surface area contributed by atoms with E-state index in [0.29, 0.717) is 17.3 Å². The van der Waals surface area contributed by atoms with E-state index in [9.17, 15) is 4.79 Å². The Balaban J connectivity index is 1.80. The smallest absolute Gasteiger partial charge is 0.257 e. The predicted molar refractivity (Wildman–Crippen MR) is 107 cm³/mol. The van der Waals surface area contributed by atoms with Gasteiger partial charge in [0.25, 0.3) is 5.91 Å². The maximum Gasteiger partial charge on any atom is 0.257 e. The van der Waals surface area contributed by atoms with E-state index in [1.54, 1.807) is 0 Å². The Bertz CT molecular complexity index is 930. The van der Waals surface area contributed by atoms with Gasteiger partial charge in [-0.15, -0.1) is 11.3 Å². The minimum Gasteiger partial charge on any atom is -0.494 e. The van der Waals surface area contributed by atoms with Gasteiger partial charge in [0.05, 0.1) is 12.3 Å². The van der Waals surface area contributed by atoms with Crippen LogP contribution in [-0.4, -0.2) is 17.5 Å². The van der Waals surface area contributed by atoms with Gasteiger partial charge in [0.1, 0.15) is 5.75 Å². The van der Waals surface area contributed by atoms with Crippen LogP contribution >= 0.6 is 11.3 Å². The van der Waals surface area contributed by atoms with E-state index < -0.39 is 0 Å². The lowest BCUT2D eigenvalue weighted by Gasteiger charge is -2.06. The molecule has 26 heavy (non-hydrogen) atoms. The maximum absolute atomic E-state index is 12.6. The number of thiazole rings is 1. The molecule has 0 aliphatic heterocycles. The quantitative estimate of drug-likeness (QED) is 0.659. The van der Waals surface area contributed by atoms with E-state index >= 15 is 0 Å². The monoisotopic (exact) mass is 366 g/mol. The largest absolute Gasteiger partial charge is 0.494 e. The first-order valence-corrected chi connectivity index (χ1v) is 9.39. The van der Waals surface area contributed by atoms with Crippen molar-refractivity contribution >= 4 is 22.4 Å². The molecule has 1 N–H and O–H groups in total. The number of carbonyl (C=O) groups excluding carboxylic acids is 1. The standard InChI is InChI=1S/C21H22N2O2S/c1-5-25-17-9-7-16(8-10-17)19-15(4)26-21(22-19)23-20(24)18-11-6-13(2)12-14(18)3/h6-12H,5H2,1-4H3,(H,22,23,24). The average Bonchev–Trinajstić information content (AvgIpc) is 2.96. The molecule has 2 aromatic carbocycles. The zero-order valence-corrected chi connectivity index (χ0v) is 16.2. The molecule has 5 heteroatoms.